The van der Waals surface area contributed by atoms with E-state index in [1.54, 1.807) is 18.2 Å². The van der Waals surface area contributed by atoms with E-state index in [-0.39, 0.29) is 52.6 Å². The minimum Gasteiger partial charge on any atom is -0.508 e. The average molecular weight is 1320 g/mol. The number of nitrogens with one attached hydrogen (secondary N) is 4. The van der Waals surface area contributed by atoms with E-state index in [0.717, 1.165) is 70.2 Å². The first-order valence-electron chi connectivity index (χ1n) is 26.6. The lowest BCUT2D eigenvalue weighted by atomic mass is 9.80. The molecule has 468 valence electrons. The van der Waals surface area contributed by atoms with Gasteiger partial charge in [0, 0.05) is 91.9 Å². The van der Waals surface area contributed by atoms with Crippen LogP contribution in [-0.2, 0) is 72.2 Å². The number of likely N-dealkylation sites (N-methyl/N-ethyl adjacent to an activating group) is 1. The second-order valence-electron chi connectivity index (χ2n) is 21.3. The minimum atomic E-state index is -5.34. The number of nitrogens with zero attached hydrogens (tertiary/aromatic N) is 2. The number of hydrogen-bond acceptors (Lipinski definition) is 19. The Hall–Kier alpha value is -4.87. The molecule has 3 aliphatic heterocycles. The molecule has 0 aliphatic carbocycles. The quantitative estimate of drug-likeness (QED) is 0.0109. The molecule has 26 nitrogen and oxygen atoms in total. The van der Waals surface area contributed by atoms with Crippen LogP contribution in [0.3, 0.4) is 0 Å². The molecule has 2 aromatic carbocycles. The highest BCUT2D eigenvalue weighted by molar-refractivity contribution is 8.76. The number of carbonyl (C=O) groups is 2. The Morgan fingerprint density at radius 1 is 0.871 bits per heavy atom. The monoisotopic (exact) mass is 1320 g/mol. The lowest BCUT2D eigenvalue weighted by molar-refractivity contribution is -0.848. The van der Waals surface area contributed by atoms with Crippen LogP contribution in [0, 0.1) is 0 Å². The molecular formula is C52H72N6O20P3S4+. The Balaban J connectivity index is 0.895. The topological polar surface area (TPSA) is 378 Å². The van der Waals surface area contributed by atoms with E-state index in [1.807, 2.05) is 52.0 Å². The number of carbonyl (C=O) groups excluding carboxylic acids is 2. The van der Waals surface area contributed by atoms with E-state index < -0.39 is 89.7 Å². The highest BCUT2D eigenvalue weighted by Gasteiger charge is 2.48. The molecule has 0 fully saturated rings. The standard InChI is InChI=1S/C52H71N6O20P3S4/c1-8-56-40-22-20-36(84(69,70)71)30-38(40)51(2,3)44(56)17-11-9-12-18-45-52(4,5)39-31-37(85(72,73)74)21-23-41(39)57(45)27-14-10-13-19-46(60)54-26-29-83-82-28-24-47(61)53-25-15-16-35-33-58(50(63)55-49(35)62)48-32-42(59)43(76-48)34-75-80(65,66)78-81(67,68)77-79(6,7)64/h9,11-12,15-18,20-23,30-31,33,44,48,59H,8,10,13-14,19,24-29,32,34H2,1-7H3,(H,53,61)(H,54,60)(H,65,66)(H,67,68)(H,55,62,63)(H,69,70,71)(H,72,73,74)/p+1. The third kappa shape index (κ3) is 18.8. The molecule has 9 N–H and O–H groups in total. The number of amides is 2. The van der Waals surface area contributed by atoms with Gasteiger partial charge in [0.15, 0.2) is 12.0 Å². The Bertz CT molecular complexity index is 3670. The number of benzene rings is 2. The minimum absolute atomic E-state index is 0.0273. The van der Waals surface area contributed by atoms with Crippen LogP contribution in [-0.4, -0.2) is 126 Å². The van der Waals surface area contributed by atoms with E-state index in [2.05, 4.69) is 46.7 Å². The molecule has 0 radical (unpaired) electrons. The van der Waals surface area contributed by atoms with Crippen LogP contribution in [0.1, 0.15) is 96.1 Å². The van der Waals surface area contributed by atoms with Gasteiger partial charge in [-0.25, -0.2) is 18.2 Å². The van der Waals surface area contributed by atoms with Crippen molar-refractivity contribution in [3.05, 3.63) is 134 Å². The Morgan fingerprint density at radius 3 is 2.20 bits per heavy atom. The van der Waals surface area contributed by atoms with Gasteiger partial charge in [0.25, 0.3) is 25.8 Å². The number of anilines is 1. The summed E-state index contributed by atoms with van der Waals surface area (Å²) in [4.78, 5) is 75.0. The third-order valence-electron chi connectivity index (χ3n) is 13.9. The van der Waals surface area contributed by atoms with Crippen molar-refractivity contribution in [1.82, 2.24) is 20.2 Å². The van der Waals surface area contributed by atoms with Crippen molar-refractivity contribution in [2.45, 2.75) is 106 Å². The molecule has 5 unspecified atom stereocenters. The van der Waals surface area contributed by atoms with Crippen molar-refractivity contribution in [3.8, 4) is 0 Å². The number of H-pyrrole nitrogens is 1. The SMILES string of the molecule is CC[NH+]1c2ccc(S(=O)(=O)O)cc2C(C)(C)C1C=CC=CC=C1N(CCCCCC(=O)NCCSSCCC(=O)NCC=Cc2cn(C3CC(O)=C(COP(=O)(O)OP(=O)(O)OP(C)(C)=O)O3)c(=O)[nH]c2=O)c2ccc(S(=O)(=O)O)cc2C1(C)C. The first kappa shape index (κ1) is 69.2. The maximum absolute atomic E-state index is 12.7. The van der Waals surface area contributed by atoms with Crippen molar-refractivity contribution in [1.29, 1.82) is 0 Å². The molecule has 85 heavy (non-hydrogen) atoms. The van der Waals surface area contributed by atoms with Gasteiger partial charge in [0.05, 0.1) is 33.7 Å². The number of aromatic amines is 1. The van der Waals surface area contributed by atoms with Crippen LogP contribution in [0.2, 0.25) is 0 Å². The van der Waals surface area contributed by atoms with Crippen molar-refractivity contribution < 1.29 is 86.9 Å². The van der Waals surface area contributed by atoms with E-state index in [1.165, 1.54) is 51.9 Å². The number of ether oxygens (including phenoxy) is 1. The molecule has 1 aromatic heterocycles. The molecule has 0 saturated heterocycles. The van der Waals surface area contributed by atoms with Crippen LogP contribution in [0.5, 0.6) is 0 Å². The van der Waals surface area contributed by atoms with Crippen LogP contribution in [0.15, 0.2) is 116 Å². The molecule has 3 aliphatic rings. The summed E-state index contributed by atoms with van der Waals surface area (Å²) in [5.41, 5.74) is 1.44. The van der Waals surface area contributed by atoms with Gasteiger partial charge in [-0.3, -0.25) is 47.0 Å². The largest absolute Gasteiger partial charge is 0.508 e. The van der Waals surface area contributed by atoms with E-state index in [0.29, 0.717) is 43.9 Å². The summed E-state index contributed by atoms with van der Waals surface area (Å²) in [7, 11) is -20.2. The number of phosphoric acid groups is 2. The molecule has 5 atom stereocenters. The van der Waals surface area contributed by atoms with Gasteiger partial charge in [0.1, 0.15) is 24.1 Å². The summed E-state index contributed by atoms with van der Waals surface area (Å²) >= 11 is 0. The van der Waals surface area contributed by atoms with E-state index in [4.69, 9.17) is 4.74 Å². The Labute approximate surface area is 500 Å². The smallest absolute Gasteiger partial charge is 0.486 e. The molecule has 33 heteroatoms. The number of aliphatic hydroxyl groups excluding tert-OH is 1. The van der Waals surface area contributed by atoms with Gasteiger partial charge in [0.2, 0.25) is 19.2 Å². The van der Waals surface area contributed by atoms with Gasteiger partial charge >= 0.3 is 21.3 Å². The number of unbranched alkanes of at least 4 members (excludes halogenated alkanes) is 2. The van der Waals surface area contributed by atoms with Gasteiger partial charge < -0.3 is 35.2 Å². The third-order valence-corrected chi connectivity index (χ3v) is 22.6. The van der Waals surface area contributed by atoms with Crippen LogP contribution in [0.25, 0.3) is 6.08 Å². The Morgan fingerprint density at radius 2 is 1.53 bits per heavy atom. The number of phosphoric ester groups is 1. The van der Waals surface area contributed by atoms with Gasteiger partial charge in [-0.1, -0.05) is 72.2 Å². The average Bonchev–Trinajstić information content (AvgIpc) is 2.04. The normalized spacial score (nSPS) is 20.5. The second kappa shape index (κ2) is 28.5. The highest BCUT2D eigenvalue weighted by atomic mass is 33.1. The van der Waals surface area contributed by atoms with Crippen molar-refractivity contribution >= 4 is 94.1 Å². The number of aromatic nitrogens is 2. The van der Waals surface area contributed by atoms with Crippen molar-refractivity contribution in [2.75, 3.05) is 62.5 Å². The zero-order valence-electron chi connectivity index (χ0n) is 47.7. The van der Waals surface area contributed by atoms with Crippen molar-refractivity contribution in [2.24, 2.45) is 0 Å². The van der Waals surface area contributed by atoms with Crippen molar-refractivity contribution in [3.63, 3.8) is 0 Å². The Kier molecular flexibility index (Phi) is 23.2. The molecular weight excluding hydrogens is 1250 g/mol. The fraction of sp³-hybridized carbons (Fsp3) is 0.462. The summed E-state index contributed by atoms with van der Waals surface area (Å²) in [6, 6.07) is 9.28. The predicted octanol–water partition coefficient (Wildman–Crippen LogP) is 6.77. The molecule has 6 rings (SSSR count). The van der Waals surface area contributed by atoms with Gasteiger partial charge in [-0.2, -0.15) is 21.1 Å². The number of fused-ring (bicyclic) bond motifs is 2. The van der Waals surface area contributed by atoms with Gasteiger partial charge in [-0.05, 0) is 81.7 Å². The van der Waals surface area contributed by atoms with E-state index in [9.17, 15) is 73.7 Å². The summed E-state index contributed by atoms with van der Waals surface area (Å²) in [6.07, 6.45) is 14.7. The highest BCUT2D eigenvalue weighted by Crippen LogP contribution is 2.66. The fourth-order valence-corrected chi connectivity index (χ4v) is 16.7. The summed E-state index contributed by atoms with van der Waals surface area (Å²) < 4.78 is 123. The first-order valence-corrected chi connectivity index (χ1v) is 37.5. The first-order chi connectivity index (χ1) is 39.5. The van der Waals surface area contributed by atoms with Crippen LogP contribution < -0.4 is 31.7 Å². The maximum atomic E-state index is 12.7. The number of allylic oxidation sites excluding steroid dienone is 5. The maximum Gasteiger partial charge on any atom is 0.486 e. The summed E-state index contributed by atoms with van der Waals surface area (Å²) in [5, 5.41) is 16.0. The molecule has 3 aromatic rings. The number of rotatable bonds is 30. The van der Waals surface area contributed by atoms with Gasteiger partial charge in [-0.15, -0.1) is 0 Å². The zero-order valence-corrected chi connectivity index (χ0v) is 53.6. The zero-order chi connectivity index (χ0) is 62.9. The summed E-state index contributed by atoms with van der Waals surface area (Å²) in [6.45, 7) is 12.8. The number of aliphatic hydroxyl groups is 1. The predicted molar refractivity (Wildman–Crippen MR) is 323 cm³/mol. The number of hydrogen-bond donors (Lipinski definition) is 9. The van der Waals surface area contributed by atoms with Crippen LogP contribution >= 0.6 is 44.6 Å². The lowest BCUT2D eigenvalue weighted by Gasteiger charge is -2.27. The molecule has 4 heterocycles. The fourth-order valence-electron chi connectivity index (χ4n) is 9.95. The van der Waals surface area contributed by atoms with E-state index >= 15 is 0 Å². The molecule has 0 spiro atoms. The lowest BCUT2D eigenvalue weighted by Crippen LogP contribution is -3.10. The second-order valence-corrected chi connectivity index (χ2v) is 32.8. The van der Waals surface area contributed by atoms with Crippen LogP contribution in [0.4, 0.5) is 11.4 Å². The molecule has 0 bridgehead atoms. The summed E-state index contributed by atoms with van der Waals surface area (Å²) in [5.74, 6) is -0.266. The molecule has 0 saturated carbocycles. The number of quaternary nitrogens is 1. The molecule has 2 amide bonds.